The van der Waals surface area contributed by atoms with Gasteiger partial charge in [0, 0.05) is 22.1 Å². The smallest absolute Gasteiger partial charge is 0.0912 e. The molecule has 0 bridgehead atoms. The first kappa shape index (κ1) is 15.1. The SMILES string of the molecule is N#CC=CC=Cc1ccccc1.[N].[P]. The second-order valence-corrected chi connectivity index (χ2v) is 2.26. The normalized spacial score (nSPS) is 9.07. The van der Waals surface area contributed by atoms with Gasteiger partial charge < -0.3 is 0 Å². The molecule has 68 valence electrons. The zero-order valence-electron chi connectivity index (χ0n) is 7.54. The Balaban J connectivity index is 0. The molecular formula is C11H9N2P. The maximum Gasteiger partial charge on any atom is 0.0912 e. The summed E-state index contributed by atoms with van der Waals surface area (Å²) in [6.07, 6.45) is 6.96. The van der Waals surface area contributed by atoms with Gasteiger partial charge in [0.2, 0.25) is 0 Å². The number of rotatable bonds is 2. The Hall–Kier alpha value is -1.42. The predicted molar refractivity (Wildman–Crippen MR) is 59.3 cm³/mol. The molecule has 0 fully saturated rings. The summed E-state index contributed by atoms with van der Waals surface area (Å²) in [6, 6.07) is 11.9. The zero-order valence-corrected chi connectivity index (χ0v) is 8.43. The van der Waals surface area contributed by atoms with Crippen LogP contribution in [0.2, 0.25) is 0 Å². The quantitative estimate of drug-likeness (QED) is 0.411. The molecule has 0 unspecified atom stereocenters. The number of allylic oxidation sites excluding steroid dienone is 3. The summed E-state index contributed by atoms with van der Waals surface area (Å²) < 4.78 is 0. The van der Waals surface area contributed by atoms with Gasteiger partial charge in [0.15, 0.2) is 0 Å². The third-order valence-electron chi connectivity index (χ3n) is 1.37. The largest absolute Gasteiger partial charge is 0.193 e. The predicted octanol–water partition coefficient (Wildman–Crippen LogP) is 3.16. The lowest BCUT2D eigenvalue weighted by Gasteiger charge is -1.87. The molecule has 0 aliphatic carbocycles. The van der Waals surface area contributed by atoms with E-state index < -0.39 is 0 Å². The number of hydrogen-bond donors (Lipinski definition) is 0. The van der Waals surface area contributed by atoms with E-state index in [2.05, 4.69) is 0 Å². The van der Waals surface area contributed by atoms with Crippen molar-refractivity contribution in [3.8, 4) is 6.07 Å². The summed E-state index contributed by atoms with van der Waals surface area (Å²) in [7, 11) is 0. The summed E-state index contributed by atoms with van der Waals surface area (Å²) in [5.41, 5.74) is 1.14. The van der Waals surface area contributed by atoms with Crippen LogP contribution in [0.1, 0.15) is 5.56 Å². The van der Waals surface area contributed by atoms with Crippen LogP contribution in [0, 0.1) is 11.3 Å². The van der Waals surface area contributed by atoms with Crippen molar-refractivity contribution in [1.82, 2.24) is 6.15 Å². The van der Waals surface area contributed by atoms with Crippen molar-refractivity contribution < 1.29 is 0 Å². The van der Waals surface area contributed by atoms with Crippen LogP contribution < -0.4 is 6.15 Å². The highest BCUT2D eigenvalue weighted by atomic mass is 31.0. The molecule has 0 saturated heterocycles. The molecule has 0 aliphatic rings. The minimum atomic E-state index is 0. The topological polar surface area (TPSA) is 54.3 Å². The summed E-state index contributed by atoms with van der Waals surface area (Å²) in [4.78, 5) is 0. The Morgan fingerprint density at radius 2 is 1.71 bits per heavy atom. The maximum atomic E-state index is 8.19. The second kappa shape index (κ2) is 9.67. The molecule has 0 saturated carbocycles. The van der Waals surface area contributed by atoms with Gasteiger partial charge in [-0.05, 0) is 5.56 Å². The molecule has 1 aromatic carbocycles. The molecule has 0 aromatic heterocycles. The Bertz CT molecular complexity index is 323. The van der Waals surface area contributed by atoms with Crippen LogP contribution in [0.3, 0.4) is 0 Å². The highest BCUT2D eigenvalue weighted by Gasteiger charge is 1.78. The van der Waals surface area contributed by atoms with Gasteiger partial charge in [-0.2, -0.15) is 5.26 Å². The van der Waals surface area contributed by atoms with E-state index in [1.165, 1.54) is 6.08 Å². The van der Waals surface area contributed by atoms with Gasteiger partial charge in [-0.1, -0.05) is 48.6 Å². The number of hydrogen-bond acceptors (Lipinski definition) is 1. The van der Waals surface area contributed by atoms with Crippen LogP contribution in [0.25, 0.3) is 6.08 Å². The van der Waals surface area contributed by atoms with Gasteiger partial charge in [-0.15, -0.1) is 0 Å². The van der Waals surface area contributed by atoms with Crippen molar-refractivity contribution in [2.45, 2.75) is 0 Å². The Morgan fingerprint density at radius 3 is 2.29 bits per heavy atom. The highest BCUT2D eigenvalue weighted by Crippen LogP contribution is 2.00. The summed E-state index contributed by atoms with van der Waals surface area (Å²) in [5, 5.41) is 8.19. The van der Waals surface area contributed by atoms with Gasteiger partial charge in [0.1, 0.15) is 0 Å². The fraction of sp³-hybridized carbons (Fsp3) is 0. The number of nitriles is 1. The van der Waals surface area contributed by atoms with Crippen LogP contribution in [0.5, 0.6) is 0 Å². The second-order valence-electron chi connectivity index (χ2n) is 2.26. The summed E-state index contributed by atoms with van der Waals surface area (Å²) >= 11 is 0. The first-order valence-corrected chi connectivity index (χ1v) is 3.71. The van der Waals surface area contributed by atoms with Crippen LogP contribution in [-0.2, 0) is 0 Å². The fourth-order valence-electron chi connectivity index (χ4n) is 0.829. The van der Waals surface area contributed by atoms with E-state index in [-0.39, 0.29) is 16.0 Å². The van der Waals surface area contributed by atoms with Crippen LogP contribution in [0.15, 0.2) is 48.6 Å². The minimum absolute atomic E-state index is 0. The molecule has 3 heteroatoms. The molecule has 0 heterocycles. The highest BCUT2D eigenvalue weighted by molar-refractivity contribution is 6.92. The molecule has 1 rings (SSSR count). The monoisotopic (exact) mass is 200 g/mol. The average molecular weight is 200 g/mol. The third-order valence-corrected chi connectivity index (χ3v) is 1.37. The molecule has 2 nitrogen and oxygen atoms in total. The van der Waals surface area contributed by atoms with E-state index in [1.54, 1.807) is 6.08 Å². The Morgan fingerprint density at radius 1 is 1.07 bits per heavy atom. The van der Waals surface area contributed by atoms with E-state index in [1.807, 2.05) is 48.6 Å². The van der Waals surface area contributed by atoms with Gasteiger partial charge in [0.05, 0.1) is 6.07 Å². The van der Waals surface area contributed by atoms with E-state index in [4.69, 9.17) is 5.26 Å². The first-order valence-electron chi connectivity index (χ1n) is 3.71. The van der Waals surface area contributed by atoms with Crippen molar-refractivity contribution in [3.05, 3.63) is 54.1 Å². The Labute approximate surface area is 88.2 Å². The lowest BCUT2D eigenvalue weighted by Crippen LogP contribution is -1.66. The van der Waals surface area contributed by atoms with Gasteiger partial charge >= 0.3 is 0 Å². The lowest BCUT2D eigenvalue weighted by molar-refractivity contribution is 1.53. The van der Waals surface area contributed by atoms with Crippen molar-refractivity contribution in [1.29, 1.82) is 5.26 Å². The van der Waals surface area contributed by atoms with E-state index >= 15 is 0 Å². The molecule has 0 spiro atoms. The van der Waals surface area contributed by atoms with Crippen molar-refractivity contribution in [2.24, 2.45) is 0 Å². The summed E-state index contributed by atoms with van der Waals surface area (Å²) in [5.74, 6) is 0. The molecule has 1 aromatic rings. The van der Waals surface area contributed by atoms with Gasteiger partial charge in [0.25, 0.3) is 0 Å². The molecule has 0 aliphatic heterocycles. The molecule has 0 N–H and O–H groups in total. The van der Waals surface area contributed by atoms with Gasteiger partial charge in [-0.3, -0.25) is 0 Å². The summed E-state index contributed by atoms with van der Waals surface area (Å²) in [6.45, 7) is 0. The standard InChI is InChI=1S/C11H9N.N.P/c12-10-6-2-5-9-11-7-3-1-4-8-11;;/h1-9H;;. The third kappa shape index (κ3) is 6.14. The van der Waals surface area contributed by atoms with E-state index in [0.717, 1.165) is 5.56 Å². The molecule has 0 atom stereocenters. The molecule has 0 amide bonds. The van der Waals surface area contributed by atoms with Crippen LogP contribution >= 0.6 is 9.90 Å². The maximum absolute atomic E-state index is 8.19. The van der Waals surface area contributed by atoms with Crippen molar-refractivity contribution >= 4 is 16.0 Å². The number of nitrogens with zero attached hydrogens (tertiary/aromatic N) is 2. The average Bonchev–Trinajstić information content (AvgIpc) is 2.14. The minimum Gasteiger partial charge on any atom is -0.193 e. The van der Waals surface area contributed by atoms with Crippen molar-refractivity contribution in [2.75, 3.05) is 0 Å². The Kier molecular flexibility index (Phi) is 10.4. The first-order chi connectivity index (χ1) is 5.93. The van der Waals surface area contributed by atoms with Gasteiger partial charge in [-0.25, -0.2) is 0 Å². The molecular weight excluding hydrogens is 191 g/mol. The number of benzene rings is 1. The van der Waals surface area contributed by atoms with E-state index in [9.17, 15) is 0 Å². The van der Waals surface area contributed by atoms with Crippen molar-refractivity contribution in [3.63, 3.8) is 0 Å². The van der Waals surface area contributed by atoms with Crippen LogP contribution in [-0.4, -0.2) is 0 Å². The fourth-order valence-corrected chi connectivity index (χ4v) is 0.829. The zero-order chi connectivity index (χ0) is 8.65. The van der Waals surface area contributed by atoms with Crippen LogP contribution in [0.4, 0.5) is 0 Å². The molecule has 6 radical (unpaired) electrons. The lowest BCUT2D eigenvalue weighted by atomic mass is 10.2. The molecule has 14 heavy (non-hydrogen) atoms. The van der Waals surface area contributed by atoms with E-state index in [0.29, 0.717) is 0 Å².